The van der Waals surface area contributed by atoms with Crippen LogP contribution in [0.3, 0.4) is 0 Å². The van der Waals surface area contributed by atoms with Gasteiger partial charge in [0.25, 0.3) is 0 Å². The Morgan fingerprint density at radius 1 is 1.16 bits per heavy atom. The normalized spacial score (nSPS) is 22.4. The summed E-state index contributed by atoms with van der Waals surface area (Å²) in [6, 6.07) is 7.75. The van der Waals surface area contributed by atoms with Crippen molar-refractivity contribution in [1.29, 1.82) is 0 Å². The van der Waals surface area contributed by atoms with Crippen molar-refractivity contribution in [2.45, 2.75) is 70.3 Å². The van der Waals surface area contributed by atoms with Crippen molar-refractivity contribution >= 4 is 17.0 Å². The van der Waals surface area contributed by atoms with Gasteiger partial charge >= 0.3 is 0 Å². The number of nitrogens with zero attached hydrogens (tertiary/aromatic N) is 2. The number of amides is 1. The molecule has 2 fully saturated rings. The number of aromatic nitrogens is 2. The fourth-order valence-electron chi connectivity index (χ4n) is 4.40. The van der Waals surface area contributed by atoms with Gasteiger partial charge in [0.15, 0.2) is 17.2 Å². The van der Waals surface area contributed by atoms with Gasteiger partial charge in [-0.15, -0.1) is 0 Å². The molecule has 0 radical (unpaired) electrons. The summed E-state index contributed by atoms with van der Waals surface area (Å²) in [5.41, 5.74) is 2.67. The lowest BCUT2D eigenvalue weighted by Crippen LogP contribution is -2.23. The summed E-state index contributed by atoms with van der Waals surface area (Å²) in [4.78, 5) is 16.0. The van der Waals surface area contributed by atoms with Gasteiger partial charge in [0.2, 0.25) is 5.91 Å². The number of carbonyl (C=O) groups excluding carboxylic acids is 1. The van der Waals surface area contributed by atoms with Gasteiger partial charge in [0.1, 0.15) is 11.3 Å². The Kier molecular flexibility index (Phi) is 5.42. The molecule has 1 aromatic carbocycles. The van der Waals surface area contributed by atoms with Crippen molar-refractivity contribution in [2.24, 2.45) is 5.92 Å². The van der Waals surface area contributed by atoms with Crippen LogP contribution in [0, 0.1) is 5.92 Å². The van der Waals surface area contributed by atoms with E-state index in [0.29, 0.717) is 17.6 Å². The molecule has 0 unspecified atom stereocenters. The van der Waals surface area contributed by atoms with Gasteiger partial charge in [-0.25, -0.2) is 4.98 Å². The molecule has 0 aliphatic heterocycles. The number of nitrogens with one attached hydrogen (secondary N) is 1. The Hall–Kier alpha value is -2.83. The SMILES string of the molecule is CC(=O)N[C@@H](C)c1cc(C2CCC(c3nc4ccc(OCC5CC5)cc4o3)CC2)no1. The molecule has 0 saturated heterocycles. The van der Waals surface area contributed by atoms with Gasteiger partial charge in [-0.1, -0.05) is 5.16 Å². The van der Waals surface area contributed by atoms with E-state index < -0.39 is 0 Å². The Bertz CT molecular complexity index is 1060. The summed E-state index contributed by atoms with van der Waals surface area (Å²) in [5, 5.41) is 7.10. The van der Waals surface area contributed by atoms with Gasteiger partial charge in [-0.2, -0.15) is 0 Å². The number of fused-ring (bicyclic) bond motifs is 1. The molecule has 164 valence electrons. The third-order valence-electron chi connectivity index (χ3n) is 6.45. The van der Waals surface area contributed by atoms with Crippen LogP contribution in [0.1, 0.15) is 87.6 Å². The lowest BCUT2D eigenvalue weighted by molar-refractivity contribution is -0.119. The Labute approximate surface area is 181 Å². The molecule has 2 heterocycles. The van der Waals surface area contributed by atoms with E-state index in [1.165, 1.54) is 19.8 Å². The summed E-state index contributed by atoms with van der Waals surface area (Å²) in [6.07, 6.45) is 6.60. The lowest BCUT2D eigenvalue weighted by Gasteiger charge is -2.25. The van der Waals surface area contributed by atoms with Crippen LogP contribution < -0.4 is 10.1 Å². The lowest BCUT2D eigenvalue weighted by atomic mass is 9.80. The smallest absolute Gasteiger partial charge is 0.217 e. The molecule has 7 heteroatoms. The summed E-state index contributed by atoms with van der Waals surface area (Å²) >= 11 is 0. The van der Waals surface area contributed by atoms with Crippen molar-refractivity contribution in [3.8, 4) is 5.75 Å². The van der Waals surface area contributed by atoms with E-state index in [2.05, 4.69) is 10.5 Å². The molecule has 2 saturated carbocycles. The van der Waals surface area contributed by atoms with Crippen LogP contribution in [0.2, 0.25) is 0 Å². The highest BCUT2D eigenvalue weighted by atomic mass is 16.5. The van der Waals surface area contributed by atoms with Gasteiger partial charge in [0, 0.05) is 30.9 Å². The first-order chi connectivity index (χ1) is 15.0. The topological polar surface area (TPSA) is 90.4 Å². The van der Waals surface area contributed by atoms with Crippen molar-refractivity contribution in [2.75, 3.05) is 6.61 Å². The second-order valence-electron chi connectivity index (χ2n) is 9.06. The maximum absolute atomic E-state index is 11.3. The number of hydrogen-bond acceptors (Lipinski definition) is 6. The van der Waals surface area contributed by atoms with Gasteiger partial charge < -0.3 is 19.0 Å². The third-order valence-corrected chi connectivity index (χ3v) is 6.45. The van der Waals surface area contributed by atoms with E-state index in [1.807, 2.05) is 31.2 Å². The zero-order valence-corrected chi connectivity index (χ0v) is 18.1. The highest BCUT2D eigenvalue weighted by Crippen LogP contribution is 2.41. The first kappa shape index (κ1) is 20.1. The van der Waals surface area contributed by atoms with E-state index in [1.54, 1.807) is 0 Å². The number of ether oxygens (including phenoxy) is 1. The average molecular weight is 424 g/mol. The van der Waals surface area contributed by atoms with Crippen LogP contribution in [0.4, 0.5) is 0 Å². The molecule has 1 N–H and O–H groups in total. The minimum atomic E-state index is -0.173. The van der Waals surface area contributed by atoms with E-state index in [9.17, 15) is 4.79 Å². The molecule has 7 nitrogen and oxygen atoms in total. The molecule has 2 aromatic heterocycles. The summed E-state index contributed by atoms with van der Waals surface area (Å²) < 4.78 is 17.5. The minimum Gasteiger partial charge on any atom is -0.493 e. The molecule has 31 heavy (non-hydrogen) atoms. The summed E-state index contributed by atoms with van der Waals surface area (Å²) in [7, 11) is 0. The fourth-order valence-corrected chi connectivity index (χ4v) is 4.40. The van der Waals surface area contributed by atoms with Crippen LogP contribution in [-0.4, -0.2) is 22.7 Å². The van der Waals surface area contributed by atoms with Crippen LogP contribution >= 0.6 is 0 Å². The highest BCUT2D eigenvalue weighted by molar-refractivity contribution is 5.74. The standard InChI is InChI=1S/C24H29N3O4/c1-14(25-15(2)28)22-12-21(27-31-22)17-5-7-18(8-6-17)24-26-20-10-9-19(11-23(20)30-24)29-13-16-3-4-16/h9-12,14,16-18H,3-8,13H2,1-2H3,(H,25,28)/t14-,17?,18?/m0/s1. The summed E-state index contributed by atoms with van der Waals surface area (Å²) in [6.45, 7) is 4.20. The van der Waals surface area contributed by atoms with Crippen LogP contribution in [-0.2, 0) is 4.79 Å². The molecule has 2 aliphatic carbocycles. The number of oxazole rings is 1. The quantitative estimate of drug-likeness (QED) is 0.559. The van der Waals surface area contributed by atoms with E-state index in [4.69, 9.17) is 18.7 Å². The zero-order valence-electron chi connectivity index (χ0n) is 18.1. The van der Waals surface area contributed by atoms with Gasteiger partial charge in [0.05, 0.1) is 18.3 Å². The maximum atomic E-state index is 11.3. The zero-order chi connectivity index (χ0) is 21.4. The number of carbonyl (C=O) groups is 1. The molecular weight excluding hydrogens is 394 g/mol. The second kappa shape index (κ2) is 8.36. The molecule has 1 atom stereocenters. The molecule has 3 aromatic rings. The average Bonchev–Trinajstić information content (AvgIpc) is 3.29. The van der Waals surface area contributed by atoms with Gasteiger partial charge in [-0.3, -0.25) is 4.79 Å². The fraction of sp³-hybridized carbons (Fsp3) is 0.542. The molecular formula is C24H29N3O4. The van der Waals surface area contributed by atoms with Crippen LogP contribution in [0.5, 0.6) is 5.75 Å². The largest absolute Gasteiger partial charge is 0.493 e. The Morgan fingerprint density at radius 2 is 1.94 bits per heavy atom. The number of hydrogen-bond donors (Lipinski definition) is 1. The molecule has 0 spiro atoms. The highest BCUT2D eigenvalue weighted by Gasteiger charge is 2.29. The van der Waals surface area contributed by atoms with E-state index in [-0.39, 0.29) is 11.9 Å². The predicted molar refractivity (Wildman–Crippen MR) is 115 cm³/mol. The van der Waals surface area contributed by atoms with Crippen molar-refractivity contribution in [3.63, 3.8) is 0 Å². The van der Waals surface area contributed by atoms with Crippen LogP contribution in [0.15, 0.2) is 33.2 Å². The van der Waals surface area contributed by atoms with Gasteiger partial charge in [-0.05, 0) is 63.5 Å². The molecule has 0 bridgehead atoms. The minimum absolute atomic E-state index is 0.0779. The first-order valence-corrected chi connectivity index (χ1v) is 11.3. The third kappa shape index (κ3) is 4.60. The summed E-state index contributed by atoms with van der Waals surface area (Å²) in [5.74, 6) is 3.73. The van der Waals surface area contributed by atoms with Crippen molar-refractivity contribution in [3.05, 3.63) is 41.6 Å². The Balaban J connectivity index is 1.20. The Morgan fingerprint density at radius 3 is 2.68 bits per heavy atom. The molecule has 2 aliphatic rings. The monoisotopic (exact) mass is 423 g/mol. The maximum Gasteiger partial charge on any atom is 0.217 e. The van der Waals surface area contributed by atoms with Crippen molar-refractivity contribution in [1.82, 2.24) is 15.5 Å². The van der Waals surface area contributed by atoms with E-state index >= 15 is 0 Å². The van der Waals surface area contributed by atoms with E-state index in [0.717, 1.165) is 66.6 Å². The second-order valence-corrected chi connectivity index (χ2v) is 9.06. The van der Waals surface area contributed by atoms with Crippen molar-refractivity contribution < 1.29 is 18.5 Å². The molecule has 1 amide bonds. The number of benzene rings is 1. The number of rotatable bonds is 7. The molecule has 5 rings (SSSR count). The van der Waals surface area contributed by atoms with Crippen LogP contribution in [0.25, 0.3) is 11.1 Å². The predicted octanol–water partition coefficient (Wildman–Crippen LogP) is 5.24. The first-order valence-electron chi connectivity index (χ1n) is 11.3.